The Labute approximate surface area is 159 Å². The number of rotatable bonds is 4. The number of piperidine rings is 1. The number of likely N-dealkylation sites (tertiary alicyclic amines) is 1. The van der Waals surface area contributed by atoms with Crippen LogP contribution < -0.4 is 0 Å². The Bertz CT molecular complexity index is 774. The number of carbonyl (C=O) groups is 1. The van der Waals surface area contributed by atoms with Gasteiger partial charge in [0.15, 0.2) is 5.82 Å². The Balaban J connectivity index is 1.29. The van der Waals surface area contributed by atoms with Gasteiger partial charge in [0, 0.05) is 44.2 Å². The minimum absolute atomic E-state index is 0.136. The molecule has 0 N–H and O–H groups in total. The molecule has 0 saturated carbocycles. The fourth-order valence-electron chi connectivity index (χ4n) is 4.02. The molecule has 0 spiro atoms. The first-order valence-corrected chi connectivity index (χ1v) is 9.95. The molecule has 0 aliphatic carbocycles. The molecule has 2 fully saturated rings. The van der Waals surface area contributed by atoms with Gasteiger partial charge in [0.25, 0.3) is 5.91 Å². The van der Waals surface area contributed by atoms with Crippen molar-refractivity contribution in [2.75, 3.05) is 26.3 Å². The van der Waals surface area contributed by atoms with E-state index < -0.39 is 0 Å². The van der Waals surface area contributed by atoms with Crippen LogP contribution in [0.15, 0.2) is 28.8 Å². The van der Waals surface area contributed by atoms with Crippen molar-refractivity contribution in [1.29, 1.82) is 0 Å². The summed E-state index contributed by atoms with van der Waals surface area (Å²) in [5, 5.41) is 4.19. The zero-order valence-electron chi connectivity index (χ0n) is 15.9. The predicted octanol–water partition coefficient (Wildman–Crippen LogP) is 3.37. The maximum atomic E-state index is 12.7. The molecule has 0 radical (unpaired) electrons. The summed E-state index contributed by atoms with van der Waals surface area (Å²) in [7, 11) is 0. The average Bonchev–Trinajstić information content (AvgIpc) is 3.17. The van der Waals surface area contributed by atoms with Crippen LogP contribution in [0, 0.1) is 12.8 Å². The highest BCUT2D eigenvalue weighted by Gasteiger charge is 2.26. The Morgan fingerprint density at radius 3 is 2.70 bits per heavy atom. The summed E-state index contributed by atoms with van der Waals surface area (Å²) in [5.41, 5.74) is 1.90. The normalized spacial score (nSPS) is 19.4. The molecular formula is C21H27N3O3. The van der Waals surface area contributed by atoms with Gasteiger partial charge in [-0.1, -0.05) is 22.9 Å². The highest BCUT2D eigenvalue weighted by Crippen LogP contribution is 2.26. The standard InChI is InChI=1S/C21H27N3O3/c1-15-3-2-4-18(13-15)21(25)24-9-5-16(6-10-24)14-19-22-20(23-27-19)17-7-11-26-12-8-17/h2-4,13,16-17H,5-12,14H2,1H3. The molecule has 2 aliphatic heterocycles. The van der Waals surface area contributed by atoms with Crippen molar-refractivity contribution in [2.45, 2.75) is 44.9 Å². The van der Waals surface area contributed by atoms with Crippen molar-refractivity contribution in [2.24, 2.45) is 5.92 Å². The molecule has 0 bridgehead atoms. The van der Waals surface area contributed by atoms with E-state index in [0.717, 1.165) is 81.2 Å². The highest BCUT2D eigenvalue weighted by molar-refractivity contribution is 5.94. The minimum atomic E-state index is 0.136. The second-order valence-corrected chi connectivity index (χ2v) is 7.74. The van der Waals surface area contributed by atoms with Crippen LogP contribution >= 0.6 is 0 Å². The van der Waals surface area contributed by atoms with Crippen LogP contribution in [0.1, 0.15) is 59.2 Å². The molecule has 2 saturated heterocycles. The smallest absolute Gasteiger partial charge is 0.253 e. The van der Waals surface area contributed by atoms with E-state index in [9.17, 15) is 4.79 Å². The third kappa shape index (κ3) is 4.38. The summed E-state index contributed by atoms with van der Waals surface area (Å²) in [6, 6.07) is 7.82. The Hall–Kier alpha value is -2.21. The van der Waals surface area contributed by atoms with Crippen molar-refractivity contribution in [1.82, 2.24) is 15.0 Å². The molecule has 2 aromatic rings. The minimum Gasteiger partial charge on any atom is -0.381 e. The Morgan fingerprint density at radius 1 is 1.19 bits per heavy atom. The molecule has 1 aromatic carbocycles. The first-order chi connectivity index (χ1) is 13.2. The summed E-state index contributed by atoms with van der Waals surface area (Å²) >= 11 is 0. The Kier molecular flexibility index (Phi) is 5.53. The van der Waals surface area contributed by atoms with Gasteiger partial charge < -0.3 is 14.2 Å². The van der Waals surface area contributed by atoms with Crippen molar-refractivity contribution >= 4 is 5.91 Å². The van der Waals surface area contributed by atoms with Gasteiger partial charge >= 0.3 is 0 Å². The molecule has 2 aliphatic rings. The zero-order chi connectivity index (χ0) is 18.6. The maximum Gasteiger partial charge on any atom is 0.253 e. The van der Waals surface area contributed by atoms with Gasteiger partial charge in [0.2, 0.25) is 5.89 Å². The van der Waals surface area contributed by atoms with Crippen LogP contribution in [-0.4, -0.2) is 47.3 Å². The average molecular weight is 369 g/mol. The summed E-state index contributed by atoms with van der Waals surface area (Å²) in [6.45, 7) is 5.16. The number of hydrogen-bond donors (Lipinski definition) is 0. The third-order valence-corrected chi connectivity index (χ3v) is 5.70. The second kappa shape index (κ2) is 8.21. The molecule has 3 heterocycles. The van der Waals surface area contributed by atoms with E-state index in [1.54, 1.807) is 0 Å². The summed E-state index contributed by atoms with van der Waals surface area (Å²) in [4.78, 5) is 19.3. The first kappa shape index (κ1) is 18.2. The van der Waals surface area contributed by atoms with Crippen LogP contribution in [-0.2, 0) is 11.2 Å². The van der Waals surface area contributed by atoms with E-state index in [1.807, 2.05) is 36.1 Å². The van der Waals surface area contributed by atoms with Gasteiger partial charge in [-0.15, -0.1) is 0 Å². The quantitative estimate of drug-likeness (QED) is 0.826. The molecule has 1 amide bonds. The van der Waals surface area contributed by atoms with E-state index in [4.69, 9.17) is 9.26 Å². The lowest BCUT2D eigenvalue weighted by Crippen LogP contribution is -2.39. The topological polar surface area (TPSA) is 68.5 Å². The molecule has 144 valence electrons. The van der Waals surface area contributed by atoms with Crippen LogP contribution in [0.5, 0.6) is 0 Å². The van der Waals surface area contributed by atoms with Gasteiger partial charge in [-0.2, -0.15) is 4.98 Å². The lowest BCUT2D eigenvalue weighted by Gasteiger charge is -2.31. The van der Waals surface area contributed by atoms with E-state index in [0.29, 0.717) is 11.8 Å². The fraction of sp³-hybridized carbons (Fsp3) is 0.571. The number of nitrogens with zero attached hydrogens (tertiary/aromatic N) is 3. The van der Waals surface area contributed by atoms with Crippen LogP contribution in [0.3, 0.4) is 0 Å². The highest BCUT2D eigenvalue weighted by atomic mass is 16.5. The second-order valence-electron chi connectivity index (χ2n) is 7.74. The number of ether oxygens (including phenoxy) is 1. The molecule has 4 rings (SSSR count). The third-order valence-electron chi connectivity index (χ3n) is 5.70. The predicted molar refractivity (Wildman–Crippen MR) is 101 cm³/mol. The first-order valence-electron chi connectivity index (χ1n) is 9.95. The summed E-state index contributed by atoms with van der Waals surface area (Å²) in [6.07, 6.45) is 4.71. The zero-order valence-corrected chi connectivity index (χ0v) is 15.9. The van der Waals surface area contributed by atoms with Crippen LogP contribution in [0.2, 0.25) is 0 Å². The lowest BCUT2D eigenvalue weighted by molar-refractivity contribution is 0.0687. The number of benzene rings is 1. The van der Waals surface area contributed by atoms with Gasteiger partial charge in [0.1, 0.15) is 0 Å². The van der Waals surface area contributed by atoms with Crippen molar-refractivity contribution < 1.29 is 14.1 Å². The van der Waals surface area contributed by atoms with E-state index in [2.05, 4.69) is 10.1 Å². The van der Waals surface area contributed by atoms with Gasteiger partial charge in [0.05, 0.1) is 0 Å². The number of amides is 1. The van der Waals surface area contributed by atoms with E-state index in [-0.39, 0.29) is 5.91 Å². The number of carbonyl (C=O) groups excluding carboxylic acids is 1. The molecule has 6 nitrogen and oxygen atoms in total. The number of aryl methyl sites for hydroxylation is 1. The monoisotopic (exact) mass is 369 g/mol. The van der Waals surface area contributed by atoms with Gasteiger partial charge in [-0.3, -0.25) is 4.79 Å². The van der Waals surface area contributed by atoms with Crippen molar-refractivity contribution in [3.8, 4) is 0 Å². The molecular weight excluding hydrogens is 342 g/mol. The van der Waals surface area contributed by atoms with Gasteiger partial charge in [-0.05, 0) is 50.7 Å². The van der Waals surface area contributed by atoms with E-state index in [1.165, 1.54) is 0 Å². The van der Waals surface area contributed by atoms with E-state index >= 15 is 0 Å². The van der Waals surface area contributed by atoms with Crippen molar-refractivity contribution in [3.05, 3.63) is 47.1 Å². The maximum absolute atomic E-state index is 12.7. The van der Waals surface area contributed by atoms with Crippen LogP contribution in [0.4, 0.5) is 0 Å². The number of hydrogen-bond acceptors (Lipinski definition) is 5. The largest absolute Gasteiger partial charge is 0.381 e. The van der Waals surface area contributed by atoms with Crippen LogP contribution in [0.25, 0.3) is 0 Å². The SMILES string of the molecule is Cc1cccc(C(=O)N2CCC(Cc3nc(C4CCOCC4)no3)CC2)c1. The summed E-state index contributed by atoms with van der Waals surface area (Å²) < 4.78 is 10.9. The lowest BCUT2D eigenvalue weighted by atomic mass is 9.93. The number of aromatic nitrogens is 2. The molecule has 1 aromatic heterocycles. The Morgan fingerprint density at radius 2 is 1.96 bits per heavy atom. The molecule has 0 atom stereocenters. The molecule has 6 heteroatoms. The fourth-order valence-corrected chi connectivity index (χ4v) is 4.02. The van der Waals surface area contributed by atoms with Gasteiger partial charge in [-0.25, -0.2) is 0 Å². The molecule has 0 unspecified atom stereocenters. The summed E-state index contributed by atoms with van der Waals surface area (Å²) in [5.74, 6) is 2.57. The molecule has 27 heavy (non-hydrogen) atoms. The van der Waals surface area contributed by atoms with Crippen molar-refractivity contribution in [3.63, 3.8) is 0 Å².